The highest BCUT2D eigenvalue weighted by Gasteiger charge is 1.70. The first-order valence-corrected chi connectivity index (χ1v) is 1.76. The van der Waals surface area contributed by atoms with Gasteiger partial charge in [-0.25, -0.2) is 4.39 Å². The van der Waals surface area contributed by atoms with Crippen molar-refractivity contribution in [3.8, 4) is 0 Å². The Hall–Kier alpha value is 0.320. The van der Waals surface area contributed by atoms with Crippen LogP contribution in [0.25, 0.3) is 0 Å². The highest BCUT2D eigenvalue weighted by atomic mass is 31.0. The summed E-state index contributed by atoms with van der Waals surface area (Å²) in [5.74, 6) is 0. The van der Waals surface area contributed by atoms with Crippen molar-refractivity contribution in [1.29, 1.82) is 0 Å². The van der Waals surface area contributed by atoms with Gasteiger partial charge in [0.05, 0.1) is 6.61 Å². The summed E-state index contributed by atoms with van der Waals surface area (Å²) < 4.78 is 15.1. The van der Waals surface area contributed by atoms with Crippen LogP contribution in [-0.2, 0) is 4.52 Å². The summed E-state index contributed by atoms with van der Waals surface area (Å²) in [7, 11) is 1.96. The van der Waals surface area contributed by atoms with E-state index in [1.807, 2.05) is 9.47 Å². The Labute approximate surface area is 32.8 Å². The molecular formula is C2H6FOP. The molecule has 0 amide bonds. The van der Waals surface area contributed by atoms with Crippen LogP contribution in [0, 0.1) is 0 Å². The highest BCUT2D eigenvalue weighted by Crippen LogP contribution is 1.81. The Morgan fingerprint density at radius 1 is 1.80 bits per heavy atom. The summed E-state index contributed by atoms with van der Waals surface area (Å²) in [4.78, 5) is 0. The van der Waals surface area contributed by atoms with E-state index in [-0.39, 0.29) is 6.61 Å². The maximum Gasteiger partial charge on any atom is 0.113 e. The highest BCUT2D eigenvalue weighted by molar-refractivity contribution is 7.09. The minimum Gasteiger partial charge on any atom is -0.363 e. The Morgan fingerprint density at radius 3 is 2.40 bits per heavy atom. The van der Waals surface area contributed by atoms with Gasteiger partial charge in [-0.1, -0.05) is 0 Å². The molecule has 1 unspecified atom stereocenters. The first-order chi connectivity index (χ1) is 2.41. The van der Waals surface area contributed by atoms with Gasteiger partial charge in [0, 0.05) is 9.47 Å². The SMILES string of the molecule is FCCOP. The van der Waals surface area contributed by atoms with Crippen LogP contribution in [0.1, 0.15) is 0 Å². The number of alkyl halides is 1. The fraction of sp³-hybridized carbons (Fsp3) is 1.00. The zero-order chi connectivity index (χ0) is 4.12. The summed E-state index contributed by atoms with van der Waals surface area (Å²) in [6, 6.07) is 0. The third-order valence-electron chi connectivity index (χ3n) is 0.195. The van der Waals surface area contributed by atoms with Crippen molar-refractivity contribution in [2.45, 2.75) is 0 Å². The summed E-state index contributed by atoms with van der Waals surface area (Å²) in [5.41, 5.74) is 0. The zero-order valence-electron chi connectivity index (χ0n) is 2.78. The molecule has 0 N–H and O–H groups in total. The second-order valence-electron chi connectivity index (χ2n) is 0.560. The quantitative estimate of drug-likeness (QED) is 0.461. The molecule has 32 valence electrons. The van der Waals surface area contributed by atoms with Crippen LogP contribution in [0.2, 0.25) is 0 Å². The van der Waals surface area contributed by atoms with Crippen LogP contribution in [0.4, 0.5) is 4.39 Å². The van der Waals surface area contributed by atoms with Gasteiger partial charge in [-0.3, -0.25) is 0 Å². The molecule has 0 bridgehead atoms. The van der Waals surface area contributed by atoms with E-state index in [2.05, 4.69) is 4.52 Å². The van der Waals surface area contributed by atoms with Crippen LogP contribution >= 0.6 is 9.47 Å². The van der Waals surface area contributed by atoms with Crippen molar-refractivity contribution in [1.82, 2.24) is 0 Å². The second-order valence-corrected chi connectivity index (χ2v) is 0.893. The molecule has 0 spiro atoms. The third-order valence-corrected chi connectivity index (χ3v) is 0.431. The molecule has 0 aliphatic carbocycles. The Bertz CT molecular complexity index is 17.1. The molecule has 1 nitrogen and oxygen atoms in total. The Kier molecular flexibility index (Phi) is 4.60. The first-order valence-electron chi connectivity index (χ1n) is 1.29. The molecule has 0 saturated heterocycles. The topological polar surface area (TPSA) is 9.23 Å². The van der Waals surface area contributed by atoms with E-state index in [1.165, 1.54) is 0 Å². The van der Waals surface area contributed by atoms with E-state index >= 15 is 0 Å². The molecule has 0 rings (SSSR count). The van der Waals surface area contributed by atoms with Crippen molar-refractivity contribution < 1.29 is 8.91 Å². The minimum absolute atomic E-state index is 0.185. The van der Waals surface area contributed by atoms with Gasteiger partial charge >= 0.3 is 0 Å². The molecule has 0 heterocycles. The Balaban J connectivity index is 2.19. The zero-order valence-corrected chi connectivity index (χ0v) is 3.93. The van der Waals surface area contributed by atoms with Crippen molar-refractivity contribution in [3.05, 3.63) is 0 Å². The van der Waals surface area contributed by atoms with E-state index in [9.17, 15) is 4.39 Å². The van der Waals surface area contributed by atoms with Gasteiger partial charge in [0.1, 0.15) is 6.67 Å². The van der Waals surface area contributed by atoms with Crippen LogP contribution in [-0.4, -0.2) is 13.3 Å². The van der Waals surface area contributed by atoms with E-state index in [0.717, 1.165) is 0 Å². The molecule has 0 aliphatic rings. The predicted octanol–water partition coefficient (Wildman–Crippen LogP) is 0.763. The molecule has 5 heavy (non-hydrogen) atoms. The largest absolute Gasteiger partial charge is 0.363 e. The molecule has 0 radical (unpaired) electrons. The molecule has 0 fully saturated rings. The monoisotopic (exact) mass is 96.0 g/mol. The lowest BCUT2D eigenvalue weighted by Gasteiger charge is -1.81. The van der Waals surface area contributed by atoms with Crippen molar-refractivity contribution in [2.24, 2.45) is 0 Å². The lowest BCUT2D eigenvalue weighted by molar-refractivity contribution is 0.310. The summed E-state index contributed by atoms with van der Waals surface area (Å²) in [6.45, 7) is -0.214. The molecule has 3 heteroatoms. The number of rotatable bonds is 2. The van der Waals surface area contributed by atoms with Crippen LogP contribution in [0.5, 0.6) is 0 Å². The number of halogens is 1. The predicted molar refractivity (Wildman–Crippen MR) is 21.6 cm³/mol. The molecule has 0 aliphatic heterocycles. The molecule has 0 saturated carbocycles. The lowest BCUT2D eigenvalue weighted by atomic mass is 10.9. The van der Waals surface area contributed by atoms with Crippen molar-refractivity contribution >= 4 is 9.47 Å². The molecule has 0 aromatic rings. The van der Waals surface area contributed by atoms with Gasteiger partial charge in [0.2, 0.25) is 0 Å². The van der Waals surface area contributed by atoms with Crippen LogP contribution in [0.15, 0.2) is 0 Å². The maximum absolute atomic E-state index is 10.9. The van der Waals surface area contributed by atoms with Gasteiger partial charge in [0.25, 0.3) is 0 Å². The number of hydrogen-bond acceptors (Lipinski definition) is 1. The fourth-order valence-corrected chi connectivity index (χ4v) is 0.134. The smallest absolute Gasteiger partial charge is 0.113 e. The van der Waals surface area contributed by atoms with Gasteiger partial charge in [-0.05, 0) is 0 Å². The van der Waals surface area contributed by atoms with E-state index < -0.39 is 6.67 Å². The van der Waals surface area contributed by atoms with E-state index in [0.29, 0.717) is 0 Å². The van der Waals surface area contributed by atoms with Gasteiger partial charge in [0.15, 0.2) is 0 Å². The van der Waals surface area contributed by atoms with Crippen molar-refractivity contribution in [2.75, 3.05) is 13.3 Å². The first kappa shape index (κ1) is 5.32. The molecular weight excluding hydrogens is 90.0 g/mol. The second kappa shape index (κ2) is 4.32. The van der Waals surface area contributed by atoms with Crippen molar-refractivity contribution in [3.63, 3.8) is 0 Å². The average Bonchev–Trinajstić information content (AvgIpc) is 1.41. The minimum atomic E-state index is -0.399. The summed E-state index contributed by atoms with van der Waals surface area (Å²) in [5, 5.41) is 0. The standard InChI is InChI=1S/C2H6FOP/c3-1-2-4-5/h1-2,5H2. The van der Waals surface area contributed by atoms with Crippen LogP contribution < -0.4 is 0 Å². The van der Waals surface area contributed by atoms with E-state index in [4.69, 9.17) is 0 Å². The fourth-order valence-electron chi connectivity index (χ4n) is 0.0445. The molecule has 0 aromatic heterocycles. The summed E-state index contributed by atoms with van der Waals surface area (Å²) in [6.07, 6.45) is 0. The third kappa shape index (κ3) is 4.32. The van der Waals surface area contributed by atoms with E-state index in [1.54, 1.807) is 0 Å². The maximum atomic E-state index is 10.9. The van der Waals surface area contributed by atoms with Gasteiger partial charge in [-0.2, -0.15) is 0 Å². The lowest BCUT2D eigenvalue weighted by Crippen LogP contribution is -1.80. The van der Waals surface area contributed by atoms with Gasteiger partial charge in [-0.15, -0.1) is 0 Å². The normalized spacial score (nSPS) is 8.40. The average molecular weight is 96.0 g/mol. The van der Waals surface area contributed by atoms with Gasteiger partial charge < -0.3 is 4.52 Å². The number of hydrogen-bond donors (Lipinski definition) is 0. The molecule has 1 atom stereocenters. The van der Waals surface area contributed by atoms with Crippen LogP contribution in [0.3, 0.4) is 0 Å². The molecule has 0 aromatic carbocycles. The Morgan fingerprint density at radius 2 is 2.40 bits per heavy atom. The summed E-state index contributed by atoms with van der Waals surface area (Å²) >= 11 is 0.